The summed E-state index contributed by atoms with van der Waals surface area (Å²) in [6, 6.07) is 3.98. The lowest BCUT2D eigenvalue weighted by Gasteiger charge is -2.29. The van der Waals surface area contributed by atoms with Crippen LogP contribution in [0.5, 0.6) is 5.75 Å². The lowest BCUT2D eigenvalue weighted by Crippen LogP contribution is -2.48. The van der Waals surface area contributed by atoms with E-state index in [0.29, 0.717) is 17.1 Å². The maximum absolute atomic E-state index is 12.3. The predicted molar refractivity (Wildman–Crippen MR) is 85.8 cm³/mol. The number of benzene rings is 1. The number of fused-ring (bicyclic) bond motifs is 2. The first-order valence-electron chi connectivity index (χ1n) is 6.78. The van der Waals surface area contributed by atoms with Crippen molar-refractivity contribution in [3.05, 3.63) is 27.7 Å². The summed E-state index contributed by atoms with van der Waals surface area (Å²) in [7, 11) is 0. The molecule has 2 aliphatic heterocycles. The number of hydrogen-bond donors (Lipinski definition) is 3. The average Bonchev–Trinajstić information content (AvgIpc) is 2.73. The Hall–Kier alpha value is -0.680. The number of aromatic hydroxyl groups is 1. The quantitative estimate of drug-likeness (QED) is 0.767. The molecule has 0 saturated carbocycles. The molecule has 1 amide bonds. The summed E-state index contributed by atoms with van der Waals surface area (Å²) in [6.45, 7) is 0. The van der Waals surface area contributed by atoms with E-state index in [1.165, 1.54) is 25.0 Å². The van der Waals surface area contributed by atoms with Crippen molar-refractivity contribution in [2.24, 2.45) is 0 Å². The van der Waals surface area contributed by atoms with Gasteiger partial charge in [-0.3, -0.25) is 4.79 Å². The maximum atomic E-state index is 12.3. The molecule has 3 rings (SSSR count). The van der Waals surface area contributed by atoms with Crippen LogP contribution < -0.4 is 10.6 Å². The molecule has 7 heteroatoms. The number of halogens is 3. The Morgan fingerprint density at radius 1 is 1.24 bits per heavy atom. The fourth-order valence-corrected chi connectivity index (χ4v) is 3.67. The fraction of sp³-hybridized carbons (Fsp3) is 0.500. The van der Waals surface area contributed by atoms with Gasteiger partial charge in [0.1, 0.15) is 5.75 Å². The molecule has 2 fully saturated rings. The van der Waals surface area contributed by atoms with E-state index in [1.54, 1.807) is 0 Å². The zero-order valence-corrected chi connectivity index (χ0v) is 13.6. The molecule has 1 aromatic carbocycles. The highest BCUT2D eigenvalue weighted by molar-refractivity contribution is 6.36. The molecule has 2 unspecified atom stereocenters. The first-order chi connectivity index (χ1) is 9.52. The van der Waals surface area contributed by atoms with Gasteiger partial charge in [-0.1, -0.05) is 23.2 Å². The molecule has 3 N–H and O–H groups in total. The second kappa shape index (κ2) is 6.61. The Balaban J connectivity index is 0.00000161. The summed E-state index contributed by atoms with van der Waals surface area (Å²) in [6.07, 6.45) is 4.20. The third kappa shape index (κ3) is 3.57. The first-order valence-corrected chi connectivity index (χ1v) is 7.53. The van der Waals surface area contributed by atoms with Crippen molar-refractivity contribution >= 4 is 41.5 Å². The van der Waals surface area contributed by atoms with E-state index < -0.39 is 0 Å². The molecule has 2 atom stereocenters. The summed E-state index contributed by atoms with van der Waals surface area (Å²) in [5, 5.41) is 16.8. The number of carbonyl (C=O) groups is 1. The van der Waals surface area contributed by atoms with Crippen LogP contribution in [0.15, 0.2) is 12.1 Å². The van der Waals surface area contributed by atoms with Crippen LogP contribution in [-0.2, 0) is 0 Å². The van der Waals surface area contributed by atoms with Gasteiger partial charge in [-0.05, 0) is 37.8 Å². The van der Waals surface area contributed by atoms with Gasteiger partial charge in [0.2, 0.25) is 0 Å². The first kappa shape index (κ1) is 16.7. The monoisotopic (exact) mass is 350 g/mol. The number of nitrogens with one attached hydrogen (secondary N) is 2. The van der Waals surface area contributed by atoms with Gasteiger partial charge in [-0.2, -0.15) is 0 Å². The molecular weight excluding hydrogens is 335 g/mol. The normalized spacial score (nSPS) is 27.0. The van der Waals surface area contributed by atoms with E-state index in [-0.39, 0.29) is 40.7 Å². The average molecular weight is 352 g/mol. The van der Waals surface area contributed by atoms with Crippen LogP contribution in [0.3, 0.4) is 0 Å². The minimum absolute atomic E-state index is 0. The minimum Gasteiger partial charge on any atom is -0.506 e. The molecule has 1 aromatic rings. The summed E-state index contributed by atoms with van der Waals surface area (Å²) < 4.78 is 0. The number of phenols is 1. The number of hydrogen-bond acceptors (Lipinski definition) is 3. The summed E-state index contributed by atoms with van der Waals surface area (Å²) in [4.78, 5) is 12.3. The Morgan fingerprint density at radius 2 is 1.86 bits per heavy atom. The molecule has 0 aliphatic carbocycles. The van der Waals surface area contributed by atoms with E-state index in [4.69, 9.17) is 23.2 Å². The van der Waals surface area contributed by atoms with Gasteiger partial charge in [-0.25, -0.2) is 0 Å². The van der Waals surface area contributed by atoms with E-state index >= 15 is 0 Å². The zero-order chi connectivity index (χ0) is 14.3. The van der Waals surface area contributed by atoms with Crippen LogP contribution in [0.4, 0.5) is 0 Å². The number of amides is 1. The molecule has 2 aliphatic rings. The Kier molecular flexibility index (Phi) is 5.25. The van der Waals surface area contributed by atoms with Gasteiger partial charge in [0, 0.05) is 23.1 Å². The molecule has 2 saturated heterocycles. The largest absolute Gasteiger partial charge is 0.506 e. The van der Waals surface area contributed by atoms with Crippen molar-refractivity contribution in [2.75, 3.05) is 0 Å². The number of piperidine rings is 1. The summed E-state index contributed by atoms with van der Waals surface area (Å²) in [5.74, 6) is -0.538. The van der Waals surface area contributed by atoms with Crippen molar-refractivity contribution in [3.8, 4) is 5.75 Å². The SMILES string of the molecule is Cl.O=C(NC1CC2CCC(C1)N2)c1cc(Cl)cc(Cl)c1O. The van der Waals surface area contributed by atoms with Crippen molar-refractivity contribution in [1.29, 1.82) is 0 Å². The highest BCUT2D eigenvalue weighted by Gasteiger charge is 2.34. The van der Waals surface area contributed by atoms with Crippen molar-refractivity contribution in [2.45, 2.75) is 43.8 Å². The molecule has 0 spiro atoms. The van der Waals surface area contributed by atoms with E-state index in [2.05, 4.69) is 10.6 Å². The second-order valence-electron chi connectivity index (χ2n) is 5.56. The number of carbonyl (C=O) groups excluding carboxylic acids is 1. The number of rotatable bonds is 2. The molecule has 116 valence electrons. The van der Waals surface area contributed by atoms with Crippen LogP contribution in [0.2, 0.25) is 10.0 Å². The van der Waals surface area contributed by atoms with Gasteiger partial charge in [0.25, 0.3) is 5.91 Å². The Labute approximate surface area is 139 Å². The predicted octanol–water partition coefficient (Wildman–Crippen LogP) is 3.13. The van der Waals surface area contributed by atoms with Gasteiger partial charge in [0.15, 0.2) is 0 Å². The van der Waals surface area contributed by atoms with Gasteiger partial charge in [-0.15, -0.1) is 12.4 Å². The smallest absolute Gasteiger partial charge is 0.255 e. The fourth-order valence-electron chi connectivity index (χ4n) is 3.18. The zero-order valence-electron chi connectivity index (χ0n) is 11.2. The Bertz CT molecular complexity index is 541. The van der Waals surface area contributed by atoms with Crippen molar-refractivity contribution in [1.82, 2.24) is 10.6 Å². The third-order valence-corrected chi connectivity index (χ3v) is 4.59. The molecule has 21 heavy (non-hydrogen) atoms. The molecule has 2 heterocycles. The van der Waals surface area contributed by atoms with Crippen LogP contribution in [0.25, 0.3) is 0 Å². The van der Waals surface area contributed by atoms with Crippen LogP contribution in [-0.4, -0.2) is 29.1 Å². The highest BCUT2D eigenvalue weighted by Crippen LogP contribution is 2.32. The standard InChI is InChI=1S/C14H16Cl2N2O2.ClH/c15-7-3-11(13(19)12(16)4-7)14(20)18-10-5-8-1-2-9(6-10)17-8;/h3-4,8-10,17,19H,1-2,5-6H2,(H,18,20);1H. The Morgan fingerprint density at radius 3 is 2.48 bits per heavy atom. The van der Waals surface area contributed by atoms with Crippen molar-refractivity contribution < 1.29 is 9.90 Å². The maximum Gasteiger partial charge on any atom is 0.255 e. The molecule has 0 aromatic heterocycles. The van der Waals surface area contributed by atoms with Crippen LogP contribution in [0, 0.1) is 0 Å². The van der Waals surface area contributed by atoms with E-state index in [1.807, 2.05) is 0 Å². The van der Waals surface area contributed by atoms with Crippen molar-refractivity contribution in [3.63, 3.8) is 0 Å². The van der Waals surface area contributed by atoms with Gasteiger partial charge < -0.3 is 15.7 Å². The van der Waals surface area contributed by atoms with E-state index in [0.717, 1.165) is 12.8 Å². The lowest BCUT2D eigenvalue weighted by atomic mass is 9.99. The molecule has 4 nitrogen and oxygen atoms in total. The molecule has 0 radical (unpaired) electrons. The summed E-state index contributed by atoms with van der Waals surface area (Å²) >= 11 is 11.7. The van der Waals surface area contributed by atoms with E-state index in [9.17, 15) is 9.90 Å². The van der Waals surface area contributed by atoms with Crippen LogP contribution in [0.1, 0.15) is 36.0 Å². The topological polar surface area (TPSA) is 61.4 Å². The lowest BCUT2D eigenvalue weighted by molar-refractivity contribution is 0.0921. The second-order valence-corrected chi connectivity index (χ2v) is 6.41. The minimum atomic E-state index is -0.321. The number of phenolic OH excluding ortho intramolecular Hbond substituents is 1. The van der Waals surface area contributed by atoms with Crippen LogP contribution >= 0.6 is 35.6 Å². The summed E-state index contributed by atoms with van der Waals surface area (Å²) in [5.41, 5.74) is 0.133. The van der Waals surface area contributed by atoms with Gasteiger partial charge >= 0.3 is 0 Å². The third-order valence-electron chi connectivity index (χ3n) is 4.08. The van der Waals surface area contributed by atoms with Gasteiger partial charge in [0.05, 0.1) is 10.6 Å². The highest BCUT2D eigenvalue weighted by atomic mass is 35.5. The molecule has 2 bridgehead atoms. The molecular formula is C14H17Cl3N2O2.